The number of carbonyl (C=O) groups excluding carboxylic acids is 1. The summed E-state index contributed by atoms with van der Waals surface area (Å²) in [4.78, 5) is 14.8. The largest absolute Gasteiger partial charge is 0.486 e. The number of rotatable bonds is 1. The third kappa shape index (κ3) is 2.27. The van der Waals surface area contributed by atoms with E-state index in [9.17, 15) is 4.79 Å². The fourth-order valence-corrected chi connectivity index (χ4v) is 3.16. The molecule has 0 bridgehead atoms. The number of aryl methyl sites for hydroxylation is 1. The number of nitrogens with zero attached hydrogens (tertiary/aromatic N) is 1. The predicted molar refractivity (Wildman–Crippen MR) is 74.8 cm³/mol. The molecule has 1 aromatic rings. The zero-order chi connectivity index (χ0) is 13.5. The molecule has 2 heterocycles. The highest BCUT2D eigenvalue weighted by molar-refractivity contribution is 6.00. The van der Waals surface area contributed by atoms with Crippen molar-refractivity contribution in [2.24, 2.45) is 0 Å². The molecule has 102 valence electrons. The number of hydrogen-bond acceptors (Lipinski definition) is 3. The number of carbonyl (C=O) groups is 1. The fourth-order valence-electron chi connectivity index (χ4n) is 3.16. The van der Waals surface area contributed by atoms with Gasteiger partial charge in [-0.1, -0.05) is 18.6 Å². The van der Waals surface area contributed by atoms with Crippen LogP contribution in [0.1, 0.15) is 42.1 Å². The molecular formula is C16H21NO2. The molecule has 0 radical (unpaired) electrons. The number of hydrogen-bond donors (Lipinski definition) is 0. The third-order valence-corrected chi connectivity index (χ3v) is 4.46. The van der Waals surface area contributed by atoms with E-state index in [1.54, 1.807) is 0 Å². The summed E-state index contributed by atoms with van der Waals surface area (Å²) >= 11 is 0. The molecule has 2 aliphatic rings. The molecular weight excluding hydrogens is 238 g/mol. The molecule has 0 amide bonds. The van der Waals surface area contributed by atoms with E-state index >= 15 is 0 Å². The summed E-state index contributed by atoms with van der Waals surface area (Å²) in [7, 11) is 0. The van der Waals surface area contributed by atoms with Crippen LogP contribution in [0.15, 0.2) is 18.2 Å². The van der Waals surface area contributed by atoms with Crippen LogP contribution in [-0.2, 0) is 0 Å². The lowest BCUT2D eigenvalue weighted by Gasteiger charge is -2.43. The first-order chi connectivity index (χ1) is 9.12. The minimum absolute atomic E-state index is 0.245. The second-order valence-electron chi connectivity index (χ2n) is 5.82. The van der Waals surface area contributed by atoms with Crippen LogP contribution in [-0.4, -0.2) is 35.9 Å². The quantitative estimate of drug-likeness (QED) is 0.776. The van der Waals surface area contributed by atoms with Crippen molar-refractivity contribution in [1.29, 1.82) is 0 Å². The Balaban J connectivity index is 1.85. The van der Waals surface area contributed by atoms with Crippen molar-refractivity contribution >= 4 is 5.78 Å². The summed E-state index contributed by atoms with van der Waals surface area (Å²) in [6, 6.07) is 5.92. The molecule has 1 fully saturated rings. The van der Waals surface area contributed by atoms with Gasteiger partial charge >= 0.3 is 0 Å². The van der Waals surface area contributed by atoms with Crippen LogP contribution in [0.4, 0.5) is 0 Å². The second kappa shape index (κ2) is 4.64. The number of ketones is 1. The maximum Gasteiger partial charge on any atom is 0.170 e. The van der Waals surface area contributed by atoms with Crippen LogP contribution in [0.5, 0.6) is 5.75 Å². The lowest BCUT2D eigenvalue weighted by atomic mass is 9.82. The number of benzene rings is 1. The van der Waals surface area contributed by atoms with Crippen LogP contribution in [0.25, 0.3) is 0 Å². The molecule has 0 N–H and O–H groups in total. The minimum Gasteiger partial charge on any atom is -0.486 e. The van der Waals surface area contributed by atoms with Gasteiger partial charge in [0.25, 0.3) is 0 Å². The summed E-state index contributed by atoms with van der Waals surface area (Å²) in [5, 5.41) is 0. The first kappa shape index (κ1) is 12.7. The van der Waals surface area contributed by atoms with Gasteiger partial charge in [-0.3, -0.25) is 4.79 Å². The molecule has 0 atom stereocenters. The first-order valence-corrected chi connectivity index (χ1v) is 7.17. The molecule has 1 spiro atoms. The predicted octanol–water partition coefficient (Wildman–Crippen LogP) is 2.81. The second-order valence-corrected chi connectivity index (χ2v) is 5.82. The van der Waals surface area contributed by atoms with Crippen LogP contribution >= 0.6 is 0 Å². The van der Waals surface area contributed by atoms with E-state index in [1.807, 2.05) is 25.1 Å². The maximum atomic E-state index is 12.4. The topological polar surface area (TPSA) is 29.5 Å². The SMILES string of the molecule is CCN1CCC2(CC1)CC(=O)c1cc(C)ccc1O2. The molecule has 3 heteroatoms. The Morgan fingerprint density at radius 3 is 2.74 bits per heavy atom. The first-order valence-electron chi connectivity index (χ1n) is 7.17. The maximum absolute atomic E-state index is 12.4. The average Bonchev–Trinajstić information content (AvgIpc) is 2.41. The zero-order valence-corrected chi connectivity index (χ0v) is 11.7. The molecule has 2 aliphatic heterocycles. The van der Waals surface area contributed by atoms with E-state index in [1.165, 1.54) is 0 Å². The Labute approximate surface area is 114 Å². The Morgan fingerprint density at radius 2 is 2.05 bits per heavy atom. The zero-order valence-electron chi connectivity index (χ0n) is 11.7. The molecule has 0 saturated carbocycles. The van der Waals surface area contributed by atoms with Crippen molar-refractivity contribution in [3.05, 3.63) is 29.3 Å². The summed E-state index contributed by atoms with van der Waals surface area (Å²) < 4.78 is 6.23. The van der Waals surface area contributed by atoms with E-state index in [2.05, 4.69) is 11.8 Å². The molecule has 0 aromatic heterocycles. The molecule has 19 heavy (non-hydrogen) atoms. The van der Waals surface area contributed by atoms with Gasteiger partial charge in [0.2, 0.25) is 0 Å². The van der Waals surface area contributed by atoms with Crippen LogP contribution in [0.3, 0.4) is 0 Å². The molecule has 3 nitrogen and oxygen atoms in total. The molecule has 1 saturated heterocycles. The summed E-state index contributed by atoms with van der Waals surface area (Å²) in [6.45, 7) is 7.34. The Kier molecular flexibility index (Phi) is 3.09. The standard InChI is InChI=1S/C16H21NO2/c1-3-17-8-6-16(7-9-17)11-14(18)13-10-12(2)4-5-15(13)19-16/h4-5,10H,3,6-9,11H2,1-2H3. The van der Waals surface area contributed by atoms with E-state index in [0.29, 0.717) is 6.42 Å². The number of ether oxygens (including phenoxy) is 1. The summed E-state index contributed by atoms with van der Waals surface area (Å²) in [5.74, 6) is 1.03. The van der Waals surface area contributed by atoms with Gasteiger partial charge < -0.3 is 9.64 Å². The fraction of sp³-hybridized carbons (Fsp3) is 0.562. The highest BCUT2D eigenvalue weighted by atomic mass is 16.5. The normalized spacial score (nSPS) is 22.1. The molecule has 3 rings (SSSR count). The van der Waals surface area contributed by atoms with Gasteiger partial charge in [0.05, 0.1) is 12.0 Å². The monoisotopic (exact) mass is 259 g/mol. The van der Waals surface area contributed by atoms with E-state index in [4.69, 9.17) is 4.74 Å². The summed E-state index contributed by atoms with van der Waals surface area (Å²) in [5.41, 5.74) is 1.64. The molecule has 0 aliphatic carbocycles. The number of piperidine rings is 1. The lowest BCUT2D eigenvalue weighted by molar-refractivity contribution is -0.00782. The Bertz CT molecular complexity index is 501. The lowest BCUT2D eigenvalue weighted by Crippen LogP contribution is -2.50. The van der Waals surface area contributed by atoms with Crippen molar-refractivity contribution in [3.63, 3.8) is 0 Å². The van der Waals surface area contributed by atoms with Crippen molar-refractivity contribution in [2.45, 2.75) is 38.7 Å². The van der Waals surface area contributed by atoms with Crippen LogP contribution < -0.4 is 4.74 Å². The highest BCUT2D eigenvalue weighted by Gasteiger charge is 2.42. The van der Waals surface area contributed by atoms with E-state index in [-0.39, 0.29) is 11.4 Å². The van der Waals surface area contributed by atoms with Crippen molar-refractivity contribution in [2.75, 3.05) is 19.6 Å². The average molecular weight is 259 g/mol. The van der Waals surface area contributed by atoms with Gasteiger partial charge in [-0.25, -0.2) is 0 Å². The number of likely N-dealkylation sites (tertiary alicyclic amines) is 1. The van der Waals surface area contributed by atoms with Crippen molar-refractivity contribution in [1.82, 2.24) is 4.90 Å². The van der Waals surface area contributed by atoms with E-state index in [0.717, 1.165) is 49.4 Å². The van der Waals surface area contributed by atoms with Gasteiger partial charge in [0, 0.05) is 25.9 Å². The van der Waals surface area contributed by atoms with Gasteiger partial charge in [-0.05, 0) is 25.6 Å². The third-order valence-electron chi connectivity index (χ3n) is 4.46. The van der Waals surface area contributed by atoms with Crippen molar-refractivity contribution in [3.8, 4) is 5.75 Å². The van der Waals surface area contributed by atoms with Gasteiger partial charge in [0.1, 0.15) is 11.4 Å². The molecule has 0 unspecified atom stereocenters. The van der Waals surface area contributed by atoms with E-state index < -0.39 is 0 Å². The van der Waals surface area contributed by atoms with Crippen molar-refractivity contribution < 1.29 is 9.53 Å². The number of Topliss-reactive ketones (excluding diaryl/α,β-unsaturated/α-hetero) is 1. The number of fused-ring (bicyclic) bond motifs is 1. The van der Waals surface area contributed by atoms with Gasteiger partial charge in [-0.15, -0.1) is 0 Å². The molecule has 1 aromatic carbocycles. The Hall–Kier alpha value is -1.35. The minimum atomic E-state index is -0.245. The summed E-state index contributed by atoms with van der Waals surface area (Å²) in [6.07, 6.45) is 2.46. The van der Waals surface area contributed by atoms with Gasteiger partial charge in [0.15, 0.2) is 5.78 Å². The van der Waals surface area contributed by atoms with Crippen LogP contribution in [0, 0.1) is 6.92 Å². The van der Waals surface area contributed by atoms with Crippen LogP contribution in [0.2, 0.25) is 0 Å². The van der Waals surface area contributed by atoms with Gasteiger partial charge in [-0.2, -0.15) is 0 Å². The highest BCUT2D eigenvalue weighted by Crippen LogP contribution is 2.39. The Morgan fingerprint density at radius 1 is 1.32 bits per heavy atom. The smallest absolute Gasteiger partial charge is 0.170 e.